The molecule has 0 aromatic carbocycles. The average Bonchev–Trinajstić information content (AvgIpc) is 2.29. The van der Waals surface area contributed by atoms with E-state index in [-0.39, 0.29) is 19.7 Å². The Labute approximate surface area is 109 Å². The molecule has 0 aliphatic rings. The maximum absolute atomic E-state index is 11.9. The molecule has 0 radical (unpaired) electrons. The number of ether oxygens (including phenoxy) is 2. The van der Waals surface area contributed by atoms with Crippen molar-refractivity contribution in [3.8, 4) is 0 Å². The minimum absolute atomic E-state index is 0.0349. The Bertz CT molecular complexity index is 308. The molecule has 2 amide bonds. The molecule has 0 fully saturated rings. The summed E-state index contributed by atoms with van der Waals surface area (Å²) >= 11 is 0. The summed E-state index contributed by atoms with van der Waals surface area (Å²) in [4.78, 5) is 24.9. The summed E-state index contributed by atoms with van der Waals surface area (Å²) in [7, 11) is 4.31. The number of carbonyl (C=O) groups excluding carboxylic acids is 2. The molecule has 0 unspecified atom stereocenters. The van der Waals surface area contributed by atoms with Crippen molar-refractivity contribution >= 4 is 12.0 Å². The molecule has 6 nitrogen and oxygen atoms in total. The normalized spacial score (nSPS) is 11.1. The van der Waals surface area contributed by atoms with E-state index in [0.717, 1.165) is 4.90 Å². The molecule has 0 aliphatic heterocycles. The summed E-state index contributed by atoms with van der Waals surface area (Å²) in [6.07, 6.45) is -5.81. The average molecular weight is 286 g/mol. The molecule has 0 rings (SSSR count). The van der Waals surface area contributed by atoms with Crippen LogP contribution in [0.4, 0.5) is 18.0 Å². The smallest absolute Gasteiger partial charge is 0.422 e. The van der Waals surface area contributed by atoms with E-state index in [1.165, 1.54) is 26.1 Å². The minimum atomic E-state index is -4.60. The van der Waals surface area contributed by atoms with Gasteiger partial charge in [0.25, 0.3) is 0 Å². The van der Waals surface area contributed by atoms with Gasteiger partial charge in [-0.2, -0.15) is 13.2 Å². The first-order valence-electron chi connectivity index (χ1n) is 5.35. The Kier molecular flexibility index (Phi) is 7.20. The van der Waals surface area contributed by atoms with Crippen LogP contribution in [0.2, 0.25) is 0 Å². The molecule has 0 aromatic heterocycles. The zero-order valence-corrected chi connectivity index (χ0v) is 11.0. The van der Waals surface area contributed by atoms with E-state index in [4.69, 9.17) is 4.74 Å². The fraction of sp³-hybridized carbons (Fsp3) is 0.800. The summed E-state index contributed by atoms with van der Waals surface area (Å²) in [6, 6.07) is 0. The molecule has 0 saturated carbocycles. The van der Waals surface area contributed by atoms with E-state index in [1.807, 2.05) is 0 Å². The lowest BCUT2D eigenvalue weighted by Crippen LogP contribution is -2.43. The van der Waals surface area contributed by atoms with Crippen LogP contribution in [0.15, 0.2) is 0 Å². The predicted molar refractivity (Wildman–Crippen MR) is 59.5 cm³/mol. The van der Waals surface area contributed by atoms with Crippen molar-refractivity contribution in [1.82, 2.24) is 9.80 Å². The van der Waals surface area contributed by atoms with Crippen LogP contribution in [0, 0.1) is 0 Å². The lowest BCUT2D eigenvalue weighted by Gasteiger charge is -2.23. The standard InChI is InChI=1S/C10H17F3N2O4/c1-14(2)8(16)6-15(4-5-18-3)9(17)19-7-10(11,12)13/h4-7H2,1-3H3. The van der Waals surface area contributed by atoms with Crippen molar-refractivity contribution in [2.75, 3.05) is 47.5 Å². The number of hydrogen-bond acceptors (Lipinski definition) is 4. The fourth-order valence-electron chi connectivity index (χ4n) is 0.976. The van der Waals surface area contributed by atoms with Gasteiger partial charge >= 0.3 is 12.3 Å². The molecule has 19 heavy (non-hydrogen) atoms. The Balaban J connectivity index is 4.47. The number of rotatable bonds is 6. The number of likely N-dealkylation sites (N-methyl/N-ethyl adjacent to an activating group) is 1. The zero-order valence-electron chi connectivity index (χ0n) is 11.0. The zero-order chi connectivity index (χ0) is 15.1. The second-order valence-electron chi connectivity index (χ2n) is 3.87. The van der Waals surface area contributed by atoms with Crippen molar-refractivity contribution in [3.63, 3.8) is 0 Å². The number of halogens is 3. The maximum Gasteiger partial charge on any atom is 0.422 e. The quantitative estimate of drug-likeness (QED) is 0.722. The van der Waals surface area contributed by atoms with Gasteiger partial charge in [-0.05, 0) is 0 Å². The number of methoxy groups -OCH3 is 1. The van der Waals surface area contributed by atoms with Crippen LogP contribution in [-0.2, 0) is 14.3 Å². The van der Waals surface area contributed by atoms with Crippen molar-refractivity contribution in [2.24, 2.45) is 0 Å². The SMILES string of the molecule is COCCN(CC(=O)N(C)C)C(=O)OCC(F)(F)F. The molecular weight excluding hydrogens is 269 g/mol. The molecular formula is C10H17F3N2O4. The van der Waals surface area contributed by atoms with Crippen LogP contribution in [0.25, 0.3) is 0 Å². The van der Waals surface area contributed by atoms with Crippen molar-refractivity contribution in [2.45, 2.75) is 6.18 Å². The number of amides is 2. The Morgan fingerprint density at radius 2 is 1.79 bits per heavy atom. The molecule has 9 heteroatoms. The van der Waals surface area contributed by atoms with E-state index in [1.54, 1.807) is 0 Å². The van der Waals surface area contributed by atoms with E-state index in [9.17, 15) is 22.8 Å². The lowest BCUT2D eigenvalue weighted by molar-refractivity contribution is -0.162. The van der Waals surface area contributed by atoms with Gasteiger partial charge in [-0.25, -0.2) is 4.79 Å². The van der Waals surface area contributed by atoms with Gasteiger partial charge in [0, 0.05) is 27.7 Å². The monoisotopic (exact) mass is 286 g/mol. The highest BCUT2D eigenvalue weighted by molar-refractivity contribution is 5.81. The summed E-state index contributed by atoms with van der Waals surface area (Å²) < 4.78 is 44.6. The summed E-state index contributed by atoms with van der Waals surface area (Å²) in [6.45, 7) is -2.01. The second kappa shape index (κ2) is 7.82. The van der Waals surface area contributed by atoms with Crippen molar-refractivity contribution < 1.29 is 32.2 Å². The van der Waals surface area contributed by atoms with E-state index >= 15 is 0 Å². The molecule has 0 N–H and O–H groups in total. The molecule has 0 aliphatic carbocycles. The third-order valence-corrected chi connectivity index (χ3v) is 2.01. The molecule has 0 bridgehead atoms. The number of carbonyl (C=O) groups is 2. The van der Waals surface area contributed by atoms with Crippen LogP contribution < -0.4 is 0 Å². The van der Waals surface area contributed by atoms with E-state index < -0.39 is 24.8 Å². The predicted octanol–water partition coefficient (Wildman–Crippen LogP) is 0.722. The third-order valence-electron chi connectivity index (χ3n) is 2.01. The van der Waals surface area contributed by atoms with Gasteiger partial charge in [0.15, 0.2) is 6.61 Å². The highest BCUT2D eigenvalue weighted by atomic mass is 19.4. The highest BCUT2D eigenvalue weighted by Crippen LogP contribution is 2.15. The molecule has 112 valence electrons. The largest absolute Gasteiger partial charge is 0.440 e. The topological polar surface area (TPSA) is 59.1 Å². The van der Waals surface area contributed by atoms with E-state index in [2.05, 4.69) is 4.74 Å². The Hall–Kier alpha value is -1.51. The summed E-state index contributed by atoms with van der Waals surface area (Å²) in [5.41, 5.74) is 0. The first-order chi connectivity index (χ1) is 8.67. The van der Waals surface area contributed by atoms with Crippen LogP contribution in [0.3, 0.4) is 0 Å². The van der Waals surface area contributed by atoms with Crippen LogP contribution in [-0.4, -0.2) is 75.5 Å². The maximum atomic E-state index is 11.9. The highest BCUT2D eigenvalue weighted by Gasteiger charge is 2.31. The number of nitrogens with zero attached hydrogens (tertiary/aromatic N) is 2. The van der Waals surface area contributed by atoms with Crippen molar-refractivity contribution in [3.05, 3.63) is 0 Å². The molecule has 0 spiro atoms. The Morgan fingerprint density at radius 3 is 2.21 bits per heavy atom. The van der Waals surface area contributed by atoms with Gasteiger partial charge < -0.3 is 14.4 Å². The van der Waals surface area contributed by atoms with Crippen molar-refractivity contribution in [1.29, 1.82) is 0 Å². The first kappa shape index (κ1) is 17.5. The van der Waals surface area contributed by atoms with Gasteiger partial charge in [0.05, 0.1) is 6.61 Å². The number of alkyl halides is 3. The van der Waals surface area contributed by atoms with Crippen LogP contribution >= 0.6 is 0 Å². The van der Waals surface area contributed by atoms with E-state index in [0.29, 0.717) is 0 Å². The lowest BCUT2D eigenvalue weighted by atomic mass is 10.4. The van der Waals surface area contributed by atoms with Crippen LogP contribution in [0.5, 0.6) is 0 Å². The fourth-order valence-corrected chi connectivity index (χ4v) is 0.976. The number of hydrogen-bond donors (Lipinski definition) is 0. The Morgan fingerprint density at radius 1 is 1.21 bits per heavy atom. The van der Waals surface area contributed by atoms with Gasteiger partial charge in [0.2, 0.25) is 5.91 Å². The molecule has 0 saturated heterocycles. The first-order valence-corrected chi connectivity index (χ1v) is 5.35. The van der Waals surface area contributed by atoms with Gasteiger partial charge in [-0.1, -0.05) is 0 Å². The van der Waals surface area contributed by atoms with Crippen LogP contribution in [0.1, 0.15) is 0 Å². The summed E-state index contributed by atoms with van der Waals surface area (Å²) in [5.74, 6) is -0.430. The van der Waals surface area contributed by atoms with Gasteiger partial charge in [0.1, 0.15) is 6.54 Å². The minimum Gasteiger partial charge on any atom is -0.440 e. The second-order valence-corrected chi connectivity index (χ2v) is 3.87. The van der Waals surface area contributed by atoms with Gasteiger partial charge in [-0.15, -0.1) is 0 Å². The molecule has 0 aromatic rings. The summed E-state index contributed by atoms with van der Waals surface area (Å²) in [5, 5.41) is 0. The van der Waals surface area contributed by atoms with Gasteiger partial charge in [-0.3, -0.25) is 9.69 Å². The molecule has 0 heterocycles. The third kappa shape index (κ3) is 8.25. The molecule has 0 atom stereocenters.